The monoisotopic (exact) mass is 413 g/mol. The molecule has 4 nitrogen and oxygen atoms in total. The first-order valence-corrected chi connectivity index (χ1v) is 10.9. The number of aromatic nitrogens is 2. The topological polar surface area (TPSA) is 54.9 Å². The molecule has 4 rings (SSSR count). The second-order valence-electron chi connectivity index (χ2n) is 7.14. The molecule has 5 heteroatoms. The minimum absolute atomic E-state index is 0.0631. The number of pyridine rings is 1. The van der Waals surface area contributed by atoms with Crippen LogP contribution in [0.4, 0.5) is 0 Å². The lowest BCUT2D eigenvalue weighted by Gasteiger charge is -2.14. The largest absolute Gasteiger partial charge is 0.343 e. The molecular formula is C25H23N3OS. The molecule has 2 heterocycles. The third kappa shape index (κ3) is 4.81. The summed E-state index contributed by atoms with van der Waals surface area (Å²) < 4.78 is 0. The highest BCUT2D eigenvalue weighted by atomic mass is 32.1. The molecule has 0 saturated heterocycles. The van der Waals surface area contributed by atoms with E-state index in [-0.39, 0.29) is 11.9 Å². The minimum atomic E-state index is -0.166. The smallest absolute Gasteiger partial charge is 0.252 e. The summed E-state index contributed by atoms with van der Waals surface area (Å²) >= 11 is 1.56. The molecule has 1 atom stereocenters. The van der Waals surface area contributed by atoms with Crippen molar-refractivity contribution in [3.05, 3.63) is 106 Å². The van der Waals surface area contributed by atoms with Crippen molar-refractivity contribution >= 4 is 17.2 Å². The van der Waals surface area contributed by atoms with Crippen LogP contribution in [0.3, 0.4) is 0 Å². The van der Waals surface area contributed by atoms with Gasteiger partial charge in [0.15, 0.2) is 0 Å². The van der Waals surface area contributed by atoms with Crippen LogP contribution in [0.15, 0.2) is 84.5 Å². The summed E-state index contributed by atoms with van der Waals surface area (Å²) in [6, 6.07) is 21.9. The zero-order valence-electron chi connectivity index (χ0n) is 16.8. The SMILES string of the molecule is CC(NC(=O)c1ccccc1CCc1ccccc1)c1nc(-c2ccncc2)cs1. The molecule has 1 N–H and O–H groups in total. The number of carbonyl (C=O) groups is 1. The van der Waals surface area contributed by atoms with Crippen LogP contribution in [-0.4, -0.2) is 15.9 Å². The van der Waals surface area contributed by atoms with E-state index < -0.39 is 0 Å². The normalized spacial score (nSPS) is 11.8. The molecule has 0 radical (unpaired) electrons. The Labute approximate surface area is 180 Å². The van der Waals surface area contributed by atoms with E-state index in [2.05, 4.69) is 22.4 Å². The molecule has 1 unspecified atom stereocenters. The van der Waals surface area contributed by atoms with E-state index in [4.69, 9.17) is 4.98 Å². The Balaban J connectivity index is 1.44. The van der Waals surface area contributed by atoms with Gasteiger partial charge in [0.2, 0.25) is 0 Å². The maximum absolute atomic E-state index is 13.0. The highest BCUT2D eigenvalue weighted by Crippen LogP contribution is 2.25. The number of thiazole rings is 1. The number of rotatable bonds is 7. The third-order valence-electron chi connectivity index (χ3n) is 5.00. The van der Waals surface area contributed by atoms with Gasteiger partial charge in [0.05, 0.1) is 11.7 Å². The first kappa shape index (κ1) is 20.0. The highest BCUT2D eigenvalue weighted by Gasteiger charge is 2.17. The van der Waals surface area contributed by atoms with Crippen molar-refractivity contribution in [3.8, 4) is 11.3 Å². The number of amides is 1. The summed E-state index contributed by atoms with van der Waals surface area (Å²) in [6.45, 7) is 1.97. The summed E-state index contributed by atoms with van der Waals surface area (Å²) in [5.41, 5.74) is 4.99. The molecule has 0 saturated carbocycles. The van der Waals surface area contributed by atoms with Crippen molar-refractivity contribution in [2.45, 2.75) is 25.8 Å². The fourth-order valence-corrected chi connectivity index (χ4v) is 4.20. The van der Waals surface area contributed by atoms with E-state index >= 15 is 0 Å². The summed E-state index contributed by atoms with van der Waals surface area (Å²) in [5.74, 6) is -0.0631. The molecule has 150 valence electrons. The number of hydrogen-bond donors (Lipinski definition) is 1. The standard InChI is InChI=1S/C25H23N3OS/c1-18(25-28-23(17-30-25)21-13-15-26-16-14-21)27-24(29)22-10-6-5-9-20(22)12-11-19-7-3-2-4-8-19/h2-10,13-18H,11-12H2,1H3,(H,27,29). The number of nitrogens with one attached hydrogen (secondary N) is 1. The van der Waals surface area contributed by atoms with Gasteiger partial charge < -0.3 is 5.32 Å². The first-order valence-electron chi connectivity index (χ1n) is 9.99. The number of hydrogen-bond acceptors (Lipinski definition) is 4. The van der Waals surface area contributed by atoms with E-state index in [1.165, 1.54) is 5.56 Å². The average Bonchev–Trinajstić information content (AvgIpc) is 3.30. The molecule has 1 amide bonds. The number of benzene rings is 2. The van der Waals surface area contributed by atoms with Gasteiger partial charge in [0.25, 0.3) is 5.91 Å². The number of carbonyl (C=O) groups excluding carboxylic acids is 1. The van der Waals surface area contributed by atoms with E-state index in [9.17, 15) is 4.79 Å². The fourth-order valence-electron chi connectivity index (χ4n) is 3.36. The average molecular weight is 414 g/mol. The van der Waals surface area contributed by atoms with Gasteiger partial charge in [-0.15, -0.1) is 11.3 Å². The summed E-state index contributed by atoms with van der Waals surface area (Å²) in [4.78, 5) is 21.7. The van der Waals surface area contributed by atoms with Gasteiger partial charge in [-0.1, -0.05) is 48.5 Å². The number of aryl methyl sites for hydroxylation is 2. The molecule has 0 bridgehead atoms. The molecule has 2 aromatic carbocycles. The molecule has 0 spiro atoms. The van der Waals surface area contributed by atoms with Crippen molar-refractivity contribution < 1.29 is 4.79 Å². The Bertz CT molecular complexity index is 1110. The van der Waals surface area contributed by atoms with Gasteiger partial charge >= 0.3 is 0 Å². The predicted molar refractivity (Wildman–Crippen MR) is 122 cm³/mol. The van der Waals surface area contributed by atoms with Crippen LogP contribution >= 0.6 is 11.3 Å². The van der Waals surface area contributed by atoms with Crippen LogP contribution in [-0.2, 0) is 12.8 Å². The number of nitrogens with zero attached hydrogens (tertiary/aromatic N) is 2. The van der Waals surface area contributed by atoms with Gasteiger partial charge in [-0.25, -0.2) is 4.98 Å². The third-order valence-corrected chi connectivity index (χ3v) is 6.03. The molecule has 2 aromatic heterocycles. The predicted octanol–water partition coefficient (Wildman–Crippen LogP) is 5.48. The molecule has 0 fully saturated rings. The van der Waals surface area contributed by atoms with Crippen LogP contribution in [0, 0.1) is 0 Å². The maximum Gasteiger partial charge on any atom is 0.252 e. The molecule has 0 aliphatic rings. The lowest BCUT2D eigenvalue weighted by atomic mass is 9.99. The Morgan fingerprint density at radius 3 is 2.50 bits per heavy atom. The van der Waals surface area contributed by atoms with E-state index in [0.29, 0.717) is 0 Å². The molecule has 0 aliphatic heterocycles. The maximum atomic E-state index is 13.0. The molecule has 4 aromatic rings. The van der Waals surface area contributed by atoms with Crippen molar-refractivity contribution in [2.24, 2.45) is 0 Å². The minimum Gasteiger partial charge on any atom is -0.343 e. The van der Waals surface area contributed by atoms with Gasteiger partial charge in [-0.05, 0) is 49.1 Å². The van der Waals surface area contributed by atoms with Crippen molar-refractivity contribution in [1.82, 2.24) is 15.3 Å². The Hall–Kier alpha value is -3.31. The van der Waals surface area contributed by atoms with Gasteiger partial charge in [0.1, 0.15) is 5.01 Å². The Kier molecular flexibility index (Phi) is 6.30. The molecule has 0 aliphatic carbocycles. The van der Waals surface area contributed by atoms with Crippen LogP contribution in [0.25, 0.3) is 11.3 Å². The lowest BCUT2D eigenvalue weighted by Crippen LogP contribution is -2.27. The molecular weight excluding hydrogens is 390 g/mol. The summed E-state index contributed by atoms with van der Waals surface area (Å²) in [5, 5.41) is 6.01. The summed E-state index contributed by atoms with van der Waals surface area (Å²) in [6.07, 6.45) is 5.24. The van der Waals surface area contributed by atoms with Crippen LogP contribution in [0.2, 0.25) is 0 Å². The van der Waals surface area contributed by atoms with Crippen LogP contribution in [0.1, 0.15) is 39.5 Å². The highest BCUT2D eigenvalue weighted by molar-refractivity contribution is 7.10. The van der Waals surface area contributed by atoms with Gasteiger partial charge in [-0.2, -0.15) is 0 Å². The fraction of sp³-hybridized carbons (Fsp3) is 0.160. The van der Waals surface area contributed by atoms with E-state index in [0.717, 1.165) is 40.2 Å². The van der Waals surface area contributed by atoms with Crippen LogP contribution < -0.4 is 5.32 Å². The van der Waals surface area contributed by atoms with Crippen molar-refractivity contribution in [1.29, 1.82) is 0 Å². The van der Waals surface area contributed by atoms with Crippen molar-refractivity contribution in [3.63, 3.8) is 0 Å². The zero-order chi connectivity index (χ0) is 20.8. The molecule has 30 heavy (non-hydrogen) atoms. The first-order chi connectivity index (χ1) is 14.7. The van der Waals surface area contributed by atoms with E-state index in [1.54, 1.807) is 23.7 Å². The second-order valence-corrected chi connectivity index (χ2v) is 8.03. The summed E-state index contributed by atoms with van der Waals surface area (Å²) in [7, 11) is 0. The Morgan fingerprint density at radius 1 is 0.967 bits per heavy atom. The second kappa shape index (κ2) is 9.46. The van der Waals surface area contributed by atoms with Gasteiger partial charge in [-0.3, -0.25) is 9.78 Å². The van der Waals surface area contributed by atoms with E-state index in [1.807, 2.05) is 66.9 Å². The zero-order valence-corrected chi connectivity index (χ0v) is 17.6. The Morgan fingerprint density at radius 2 is 1.70 bits per heavy atom. The quantitative estimate of drug-likeness (QED) is 0.436. The van der Waals surface area contributed by atoms with Gasteiger partial charge in [0, 0.05) is 28.9 Å². The van der Waals surface area contributed by atoms with Crippen LogP contribution in [0.5, 0.6) is 0 Å². The van der Waals surface area contributed by atoms with Crippen molar-refractivity contribution in [2.75, 3.05) is 0 Å². The lowest BCUT2D eigenvalue weighted by molar-refractivity contribution is 0.0939.